The Bertz CT molecular complexity index is 644. The summed E-state index contributed by atoms with van der Waals surface area (Å²) in [6.07, 6.45) is 2.10. The summed E-state index contributed by atoms with van der Waals surface area (Å²) < 4.78 is 0. The maximum Gasteiger partial charge on any atom is 0.190 e. The normalized spacial score (nSPS) is 14.4. The predicted molar refractivity (Wildman–Crippen MR) is 85.8 cm³/mol. The summed E-state index contributed by atoms with van der Waals surface area (Å²) in [7, 11) is 0. The van der Waals surface area contributed by atoms with Crippen molar-refractivity contribution in [1.82, 2.24) is 4.98 Å². The van der Waals surface area contributed by atoms with Crippen LogP contribution in [0.15, 0.2) is 29.1 Å². The van der Waals surface area contributed by atoms with Gasteiger partial charge < -0.3 is 4.90 Å². The van der Waals surface area contributed by atoms with Gasteiger partial charge in [-0.05, 0) is 42.9 Å². The SMILES string of the molecule is Cc1ccc(-c2csc(N3C=CSC3)n2)c(C)c1C. The number of nitrogens with zero attached hydrogens (tertiary/aromatic N) is 2. The fourth-order valence-corrected chi connectivity index (χ4v) is 3.73. The molecule has 1 aromatic carbocycles. The number of benzene rings is 1. The predicted octanol–water partition coefficient (Wildman–Crippen LogP) is 4.72. The molecule has 98 valence electrons. The average molecular weight is 288 g/mol. The van der Waals surface area contributed by atoms with Crippen LogP contribution < -0.4 is 4.90 Å². The van der Waals surface area contributed by atoms with Crippen molar-refractivity contribution in [2.75, 3.05) is 10.8 Å². The van der Waals surface area contributed by atoms with Gasteiger partial charge in [0, 0.05) is 17.1 Å². The van der Waals surface area contributed by atoms with Crippen LogP contribution in [0.25, 0.3) is 11.3 Å². The minimum absolute atomic E-state index is 0.971. The number of hydrogen-bond donors (Lipinski definition) is 0. The maximum atomic E-state index is 4.77. The van der Waals surface area contributed by atoms with Crippen LogP contribution in [0, 0.1) is 20.8 Å². The zero-order valence-corrected chi connectivity index (χ0v) is 12.9. The molecule has 0 radical (unpaired) electrons. The van der Waals surface area contributed by atoms with E-state index >= 15 is 0 Å². The molecule has 19 heavy (non-hydrogen) atoms. The van der Waals surface area contributed by atoms with Gasteiger partial charge in [-0.25, -0.2) is 4.98 Å². The van der Waals surface area contributed by atoms with Gasteiger partial charge in [0.1, 0.15) is 0 Å². The van der Waals surface area contributed by atoms with Crippen LogP contribution in [0.5, 0.6) is 0 Å². The zero-order chi connectivity index (χ0) is 13.4. The molecule has 3 rings (SSSR count). The Hall–Kier alpha value is -1.26. The van der Waals surface area contributed by atoms with Crippen molar-refractivity contribution < 1.29 is 0 Å². The van der Waals surface area contributed by atoms with Crippen LogP contribution in [-0.2, 0) is 0 Å². The van der Waals surface area contributed by atoms with E-state index in [2.05, 4.69) is 54.8 Å². The minimum Gasteiger partial charge on any atom is -0.314 e. The molecule has 0 bridgehead atoms. The van der Waals surface area contributed by atoms with Gasteiger partial charge in [-0.15, -0.1) is 23.1 Å². The first-order valence-corrected chi connectivity index (χ1v) is 8.17. The zero-order valence-electron chi connectivity index (χ0n) is 11.3. The molecule has 0 atom stereocenters. The molecule has 1 aromatic heterocycles. The number of aryl methyl sites for hydroxylation is 1. The Morgan fingerprint density at radius 2 is 2.00 bits per heavy atom. The standard InChI is InChI=1S/C15H16N2S2/c1-10-4-5-13(12(3)11(10)2)14-8-19-15(16-14)17-6-7-18-9-17/h4-8H,9H2,1-3H3. The highest BCUT2D eigenvalue weighted by Crippen LogP contribution is 2.33. The molecular weight excluding hydrogens is 272 g/mol. The summed E-state index contributed by atoms with van der Waals surface area (Å²) in [5, 5.41) is 5.35. The van der Waals surface area contributed by atoms with Gasteiger partial charge >= 0.3 is 0 Å². The fourth-order valence-electron chi connectivity index (χ4n) is 2.16. The van der Waals surface area contributed by atoms with Crippen LogP contribution in [-0.4, -0.2) is 10.9 Å². The average Bonchev–Trinajstić information content (AvgIpc) is 3.06. The van der Waals surface area contributed by atoms with E-state index in [0.29, 0.717) is 0 Å². The third kappa shape index (κ3) is 2.30. The van der Waals surface area contributed by atoms with Gasteiger partial charge in [0.15, 0.2) is 5.13 Å². The lowest BCUT2D eigenvalue weighted by molar-refractivity contribution is 1.15. The lowest BCUT2D eigenvalue weighted by Crippen LogP contribution is -2.09. The molecule has 0 saturated carbocycles. The van der Waals surface area contributed by atoms with Crippen molar-refractivity contribution in [1.29, 1.82) is 0 Å². The van der Waals surface area contributed by atoms with Crippen molar-refractivity contribution in [2.24, 2.45) is 0 Å². The molecule has 0 aliphatic carbocycles. The highest BCUT2D eigenvalue weighted by atomic mass is 32.2. The molecule has 0 spiro atoms. The first kappa shape index (κ1) is 12.8. The van der Waals surface area contributed by atoms with Crippen molar-refractivity contribution in [2.45, 2.75) is 20.8 Å². The fraction of sp³-hybridized carbons (Fsp3) is 0.267. The molecule has 4 heteroatoms. The Labute approximate surface area is 122 Å². The van der Waals surface area contributed by atoms with Crippen molar-refractivity contribution in [3.8, 4) is 11.3 Å². The Kier molecular flexibility index (Phi) is 3.37. The molecule has 0 saturated heterocycles. The maximum absolute atomic E-state index is 4.77. The van der Waals surface area contributed by atoms with E-state index in [9.17, 15) is 0 Å². The first-order chi connectivity index (χ1) is 9.16. The molecular formula is C15H16N2S2. The van der Waals surface area contributed by atoms with Gasteiger partial charge in [0.25, 0.3) is 0 Å². The molecule has 1 aliphatic rings. The highest BCUT2D eigenvalue weighted by molar-refractivity contribution is 8.02. The highest BCUT2D eigenvalue weighted by Gasteiger charge is 2.14. The van der Waals surface area contributed by atoms with Gasteiger partial charge in [-0.2, -0.15) is 0 Å². The minimum atomic E-state index is 0.971. The second kappa shape index (κ2) is 5.02. The molecule has 2 aromatic rings. The van der Waals surface area contributed by atoms with Crippen LogP contribution in [0.4, 0.5) is 5.13 Å². The van der Waals surface area contributed by atoms with Gasteiger partial charge in [0.05, 0.1) is 11.6 Å². The van der Waals surface area contributed by atoms with E-state index in [1.165, 1.54) is 22.3 Å². The van der Waals surface area contributed by atoms with Crippen molar-refractivity contribution >= 4 is 28.2 Å². The number of aromatic nitrogens is 1. The quantitative estimate of drug-likeness (QED) is 0.795. The van der Waals surface area contributed by atoms with E-state index in [-0.39, 0.29) is 0 Å². The molecule has 0 N–H and O–H groups in total. The van der Waals surface area contributed by atoms with Crippen molar-refractivity contribution in [3.63, 3.8) is 0 Å². The van der Waals surface area contributed by atoms with Crippen LogP contribution in [0.1, 0.15) is 16.7 Å². The molecule has 0 fully saturated rings. The second-order valence-electron chi connectivity index (χ2n) is 4.75. The van der Waals surface area contributed by atoms with E-state index < -0.39 is 0 Å². The van der Waals surface area contributed by atoms with E-state index in [0.717, 1.165) is 16.7 Å². The largest absolute Gasteiger partial charge is 0.314 e. The lowest BCUT2D eigenvalue weighted by Gasteiger charge is -2.10. The molecule has 1 aliphatic heterocycles. The topological polar surface area (TPSA) is 16.1 Å². The summed E-state index contributed by atoms with van der Waals surface area (Å²) >= 11 is 3.51. The van der Waals surface area contributed by atoms with Crippen molar-refractivity contribution in [3.05, 3.63) is 45.8 Å². The Morgan fingerprint density at radius 3 is 2.74 bits per heavy atom. The summed E-state index contributed by atoms with van der Waals surface area (Å²) in [6.45, 7) is 6.52. The van der Waals surface area contributed by atoms with Crippen LogP contribution in [0.3, 0.4) is 0 Å². The summed E-state index contributed by atoms with van der Waals surface area (Å²) in [4.78, 5) is 6.96. The third-order valence-electron chi connectivity index (χ3n) is 3.62. The van der Waals surface area contributed by atoms with Gasteiger partial charge in [-0.1, -0.05) is 12.1 Å². The molecule has 0 unspecified atom stereocenters. The van der Waals surface area contributed by atoms with Gasteiger partial charge in [-0.3, -0.25) is 0 Å². The second-order valence-corrected chi connectivity index (χ2v) is 6.45. The summed E-state index contributed by atoms with van der Waals surface area (Å²) in [5.41, 5.74) is 6.38. The number of thioether (sulfide) groups is 1. The summed E-state index contributed by atoms with van der Waals surface area (Å²) in [6, 6.07) is 4.37. The smallest absolute Gasteiger partial charge is 0.190 e. The number of hydrogen-bond acceptors (Lipinski definition) is 4. The molecule has 0 amide bonds. The van der Waals surface area contributed by atoms with E-state index in [4.69, 9.17) is 4.98 Å². The molecule has 2 heterocycles. The third-order valence-corrected chi connectivity index (χ3v) is 5.24. The van der Waals surface area contributed by atoms with Crippen LogP contribution in [0.2, 0.25) is 0 Å². The van der Waals surface area contributed by atoms with Gasteiger partial charge in [0.2, 0.25) is 0 Å². The summed E-state index contributed by atoms with van der Waals surface area (Å²) in [5.74, 6) is 0.971. The Balaban J connectivity index is 1.99. The lowest BCUT2D eigenvalue weighted by atomic mass is 9.97. The van der Waals surface area contributed by atoms with E-state index in [1.54, 1.807) is 23.1 Å². The number of anilines is 1. The van der Waals surface area contributed by atoms with Crippen LogP contribution >= 0.6 is 23.1 Å². The van der Waals surface area contributed by atoms with E-state index in [1.807, 2.05) is 0 Å². The Morgan fingerprint density at radius 1 is 1.16 bits per heavy atom. The monoisotopic (exact) mass is 288 g/mol. The molecule has 2 nitrogen and oxygen atoms in total. The number of rotatable bonds is 2. The number of thiazole rings is 1. The first-order valence-electron chi connectivity index (χ1n) is 6.24.